The van der Waals surface area contributed by atoms with Crippen LogP contribution in [0.1, 0.15) is 68.6 Å². The molecule has 1 aliphatic rings. The highest BCUT2D eigenvalue weighted by atomic mass is 32.7. The van der Waals surface area contributed by atoms with Gasteiger partial charge in [-0.15, -0.1) is 0 Å². The Morgan fingerprint density at radius 2 is 1.68 bits per heavy atom. The SMILES string of the molecule is CCCCCSP(=O)(N(C)C(=O)c1ccccc1)N(C)C(=O)C1CCCCC1. The number of carbonyl (C=O) groups excluding carboxylic acids is 2. The molecule has 1 aromatic carbocycles. The first kappa shape index (κ1) is 23.0. The fourth-order valence-corrected chi connectivity index (χ4v) is 8.21. The number of amides is 2. The van der Waals surface area contributed by atoms with E-state index < -0.39 is 6.65 Å². The van der Waals surface area contributed by atoms with Crippen LogP contribution in [0, 0.1) is 5.92 Å². The van der Waals surface area contributed by atoms with Gasteiger partial charge in [-0.2, -0.15) is 0 Å². The van der Waals surface area contributed by atoms with Crippen molar-refractivity contribution in [1.29, 1.82) is 0 Å². The minimum atomic E-state index is -3.40. The molecular weight excluding hydrogens is 391 g/mol. The first-order valence-electron chi connectivity index (χ1n) is 10.3. The number of nitrogens with zero attached hydrogens (tertiary/aromatic N) is 2. The second-order valence-electron chi connectivity index (χ2n) is 7.42. The minimum absolute atomic E-state index is 0.0801. The molecule has 0 aromatic heterocycles. The summed E-state index contributed by atoms with van der Waals surface area (Å²) in [6.45, 7) is -1.28. The molecule has 2 rings (SSSR count). The lowest BCUT2D eigenvalue weighted by Crippen LogP contribution is -2.37. The quantitative estimate of drug-likeness (QED) is 0.370. The Balaban J connectivity index is 2.23. The summed E-state index contributed by atoms with van der Waals surface area (Å²) in [5.41, 5.74) is 0.484. The van der Waals surface area contributed by atoms with Gasteiger partial charge in [-0.05, 0) is 31.4 Å². The number of carbonyl (C=O) groups is 2. The molecule has 2 amide bonds. The summed E-state index contributed by atoms with van der Waals surface area (Å²) < 4.78 is 16.7. The summed E-state index contributed by atoms with van der Waals surface area (Å²) in [5, 5.41) is 0. The molecule has 0 heterocycles. The van der Waals surface area contributed by atoms with E-state index in [1.54, 1.807) is 38.4 Å². The van der Waals surface area contributed by atoms with Gasteiger partial charge in [0.2, 0.25) is 5.91 Å². The zero-order valence-corrected chi connectivity index (χ0v) is 19.0. The van der Waals surface area contributed by atoms with Gasteiger partial charge in [0.1, 0.15) is 0 Å². The molecule has 0 radical (unpaired) electrons. The van der Waals surface area contributed by atoms with Crippen molar-refractivity contribution < 1.29 is 14.2 Å². The van der Waals surface area contributed by atoms with Crippen molar-refractivity contribution in [2.45, 2.75) is 58.3 Å². The van der Waals surface area contributed by atoms with Crippen molar-refractivity contribution in [1.82, 2.24) is 9.34 Å². The molecule has 1 aliphatic carbocycles. The van der Waals surface area contributed by atoms with Crippen molar-refractivity contribution in [3.05, 3.63) is 35.9 Å². The summed E-state index contributed by atoms with van der Waals surface area (Å²) in [5.74, 6) is 0.192. The Labute approximate surface area is 173 Å². The van der Waals surface area contributed by atoms with Gasteiger partial charge in [0, 0.05) is 31.3 Å². The van der Waals surface area contributed by atoms with Gasteiger partial charge in [-0.3, -0.25) is 23.5 Å². The summed E-state index contributed by atoms with van der Waals surface area (Å²) >= 11 is 1.26. The van der Waals surface area contributed by atoms with E-state index in [1.807, 2.05) is 6.07 Å². The maximum Gasteiger partial charge on any atom is 0.323 e. The third kappa shape index (κ3) is 5.64. The van der Waals surface area contributed by atoms with Crippen LogP contribution in [0.3, 0.4) is 0 Å². The first-order valence-corrected chi connectivity index (χ1v) is 13.5. The molecule has 0 N–H and O–H groups in total. The lowest BCUT2D eigenvalue weighted by Gasteiger charge is -2.36. The topological polar surface area (TPSA) is 57.7 Å². The average Bonchev–Trinajstić information content (AvgIpc) is 2.75. The van der Waals surface area contributed by atoms with E-state index in [1.165, 1.54) is 20.7 Å². The molecule has 0 saturated heterocycles. The van der Waals surface area contributed by atoms with Crippen molar-refractivity contribution in [3.8, 4) is 0 Å². The summed E-state index contributed by atoms with van der Waals surface area (Å²) in [7, 11) is 3.17. The number of benzene rings is 1. The maximum atomic E-state index is 14.0. The highest BCUT2D eigenvalue weighted by Crippen LogP contribution is 2.64. The molecule has 28 heavy (non-hydrogen) atoms. The molecule has 156 valence electrons. The van der Waals surface area contributed by atoms with Crippen LogP contribution in [0.25, 0.3) is 0 Å². The molecule has 1 unspecified atom stereocenters. The largest absolute Gasteiger partial charge is 0.323 e. The molecule has 1 fully saturated rings. The standard InChI is InChI=1S/C21H33N2O3PS/c1-4-5-12-17-28-27(26,22(2)20(24)18-13-8-6-9-14-18)23(3)21(25)19-15-10-7-11-16-19/h6,8-9,13-14,19H,4-5,7,10-12,15-17H2,1-3H3. The summed E-state index contributed by atoms with van der Waals surface area (Å²) in [6.07, 6.45) is 7.96. The van der Waals surface area contributed by atoms with Gasteiger partial charge in [0.25, 0.3) is 5.91 Å². The number of hydrogen-bond donors (Lipinski definition) is 0. The fourth-order valence-electron chi connectivity index (χ4n) is 3.53. The predicted molar refractivity (Wildman–Crippen MR) is 117 cm³/mol. The monoisotopic (exact) mass is 424 g/mol. The zero-order valence-electron chi connectivity index (χ0n) is 17.3. The normalized spacial score (nSPS) is 17.0. The van der Waals surface area contributed by atoms with Crippen LogP contribution in [0.2, 0.25) is 0 Å². The Kier molecular flexibility index (Phi) is 9.10. The van der Waals surface area contributed by atoms with Crippen molar-refractivity contribution >= 4 is 29.8 Å². The van der Waals surface area contributed by atoms with Crippen LogP contribution < -0.4 is 0 Å². The first-order chi connectivity index (χ1) is 13.4. The van der Waals surface area contributed by atoms with Gasteiger partial charge >= 0.3 is 6.65 Å². The highest BCUT2D eigenvalue weighted by molar-refractivity contribution is 8.56. The van der Waals surface area contributed by atoms with Crippen molar-refractivity contribution in [2.75, 3.05) is 19.8 Å². The Hall–Kier alpha value is -1.26. The molecule has 5 nitrogen and oxygen atoms in total. The van der Waals surface area contributed by atoms with Gasteiger partial charge in [0.05, 0.1) is 0 Å². The van der Waals surface area contributed by atoms with Crippen LogP contribution in [-0.4, -0.2) is 41.0 Å². The van der Waals surface area contributed by atoms with Crippen LogP contribution >= 0.6 is 18.0 Å². The van der Waals surface area contributed by atoms with E-state index in [0.717, 1.165) is 51.4 Å². The second kappa shape index (κ2) is 11.1. The molecule has 1 aromatic rings. The van der Waals surface area contributed by atoms with Crippen molar-refractivity contribution in [2.24, 2.45) is 5.92 Å². The second-order valence-corrected chi connectivity index (χ2v) is 12.5. The van der Waals surface area contributed by atoms with Crippen LogP contribution in [-0.2, 0) is 9.36 Å². The van der Waals surface area contributed by atoms with E-state index in [4.69, 9.17) is 0 Å². The van der Waals surface area contributed by atoms with Crippen LogP contribution in [0.4, 0.5) is 0 Å². The van der Waals surface area contributed by atoms with E-state index in [2.05, 4.69) is 6.92 Å². The molecular formula is C21H33N2O3PS. The minimum Gasteiger partial charge on any atom is -0.274 e. The zero-order chi connectivity index (χ0) is 20.6. The van der Waals surface area contributed by atoms with E-state index in [9.17, 15) is 14.2 Å². The van der Waals surface area contributed by atoms with Crippen molar-refractivity contribution in [3.63, 3.8) is 0 Å². The Bertz CT molecular complexity index is 692. The molecule has 0 bridgehead atoms. The average molecular weight is 425 g/mol. The van der Waals surface area contributed by atoms with E-state index >= 15 is 0 Å². The predicted octanol–water partition coefficient (Wildman–Crippen LogP) is 5.83. The Morgan fingerprint density at radius 3 is 2.29 bits per heavy atom. The van der Waals surface area contributed by atoms with Crippen LogP contribution in [0.15, 0.2) is 30.3 Å². The fraction of sp³-hybridized carbons (Fsp3) is 0.619. The summed E-state index contributed by atoms with van der Waals surface area (Å²) in [6, 6.07) is 8.85. The number of hydrogen-bond acceptors (Lipinski definition) is 4. The number of rotatable bonds is 9. The van der Waals surface area contributed by atoms with Gasteiger partial charge < -0.3 is 0 Å². The molecule has 0 spiro atoms. The van der Waals surface area contributed by atoms with Gasteiger partial charge in [-0.1, -0.05) is 68.6 Å². The number of unbranched alkanes of at least 4 members (excludes halogenated alkanes) is 2. The lowest BCUT2D eigenvalue weighted by atomic mass is 9.89. The maximum absolute atomic E-state index is 14.0. The van der Waals surface area contributed by atoms with E-state index in [0.29, 0.717) is 11.3 Å². The third-order valence-electron chi connectivity index (χ3n) is 5.35. The highest BCUT2D eigenvalue weighted by Gasteiger charge is 2.41. The van der Waals surface area contributed by atoms with Gasteiger partial charge in [0.15, 0.2) is 0 Å². The van der Waals surface area contributed by atoms with E-state index in [-0.39, 0.29) is 17.7 Å². The molecule has 7 heteroatoms. The lowest BCUT2D eigenvalue weighted by molar-refractivity contribution is -0.130. The molecule has 1 saturated carbocycles. The molecule has 0 aliphatic heterocycles. The van der Waals surface area contributed by atoms with Crippen LogP contribution in [0.5, 0.6) is 0 Å². The Morgan fingerprint density at radius 1 is 1.04 bits per heavy atom. The van der Waals surface area contributed by atoms with Gasteiger partial charge in [-0.25, -0.2) is 0 Å². The smallest absolute Gasteiger partial charge is 0.274 e. The third-order valence-corrected chi connectivity index (χ3v) is 11.1. The molecule has 1 atom stereocenters. The summed E-state index contributed by atoms with van der Waals surface area (Å²) in [4.78, 5) is 26.1.